The third-order valence-corrected chi connectivity index (χ3v) is 5.44. The minimum Gasteiger partial charge on any atom is -0.355 e. The highest BCUT2D eigenvalue weighted by Gasteiger charge is 2.40. The number of alkyl halides is 3. The van der Waals surface area contributed by atoms with Gasteiger partial charge < -0.3 is 9.80 Å². The van der Waals surface area contributed by atoms with Crippen LogP contribution >= 0.6 is 0 Å². The van der Waals surface area contributed by atoms with E-state index in [-0.39, 0.29) is 6.04 Å². The van der Waals surface area contributed by atoms with Crippen molar-refractivity contribution >= 4 is 11.6 Å². The first-order valence-electron chi connectivity index (χ1n) is 8.87. The van der Waals surface area contributed by atoms with E-state index < -0.39 is 11.7 Å². The van der Waals surface area contributed by atoms with E-state index in [0.29, 0.717) is 36.2 Å². The molecule has 0 aromatic carbocycles. The molecule has 2 atom stereocenters. The quantitative estimate of drug-likeness (QED) is 0.807. The number of nitrogens with zero attached hydrogens (tertiary/aromatic N) is 5. The largest absolute Gasteiger partial charge is 0.416 e. The SMILES string of the molecule is N#Cc1cccnc1N1CCC2CCN(c3cc(C(F)(F)F)ccn3)CC21. The normalized spacial score (nSPS) is 22.4. The third kappa shape index (κ3) is 3.29. The van der Waals surface area contributed by atoms with Gasteiger partial charge in [0, 0.05) is 32.0 Å². The zero-order chi connectivity index (χ0) is 19.0. The summed E-state index contributed by atoms with van der Waals surface area (Å²) in [6.45, 7) is 2.04. The molecule has 140 valence electrons. The Hall–Kier alpha value is -2.82. The van der Waals surface area contributed by atoms with Crippen molar-refractivity contribution in [1.29, 1.82) is 5.26 Å². The van der Waals surface area contributed by atoms with Crippen molar-refractivity contribution in [3.8, 4) is 6.07 Å². The maximum absolute atomic E-state index is 13.0. The van der Waals surface area contributed by atoms with Gasteiger partial charge in [-0.05, 0) is 43.0 Å². The molecule has 2 aromatic rings. The maximum atomic E-state index is 13.0. The second-order valence-electron chi connectivity index (χ2n) is 6.93. The fourth-order valence-corrected chi connectivity index (χ4v) is 4.09. The van der Waals surface area contributed by atoms with E-state index in [2.05, 4.69) is 20.9 Å². The molecule has 0 aliphatic carbocycles. The molecular weight excluding hydrogens is 355 g/mol. The van der Waals surface area contributed by atoms with E-state index in [0.717, 1.165) is 31.5 Å². The lowest BCUT2D eigenvalue weighted by molar-refractivity contribution is -0.137. The van der Waals surface area contributed by atoms with Crippen molar-refractivity contribution < 1.29 is 13.2 Å². The maximum Gasteiger partial charge on any atom is 0.416 e. The number of aromatic nitrogens is 2. The molecule has 4 heterocycles. The third-order valence-electron chi connectivity index (χ3n) is 5.44. The topological polar surface area (TPSA) is 56.1 Å². The van der Waals surface area contributed by atoms with Gasteiger partial charge in [0.05, 0.1) is 17.2 Å². The Morgan fingerprint density at radius 2 is 1.93 bits per heavy atom. The molecule has 5 nitrogen and oxygen atoms in total. The van der Waals surface area contributed by atoms with E-state index >= 15 is 0 Å². The van der Waals surface area contributed by atoms with Gasteiger partial charge in [-0.15, -0.1) is 0 Å². The van der Waals surface area contributed by atoms with Gasteiger partial charge in [-0.1, -0.05) is 0 Å². The lowest BCUT2D eigenvalue weighted by Crippen LogP contribution is -2.49. The minimum atomic E-state index is -4.38. The van der Waals surface area contributed by atoms with Crippen LogP contribution < -0.4 is 9.80 Å². The van der Waals surface area contributed by atoms with Crippen LogP contribution in [-0.4, -0.2) is 35.6 Å². The van der Waals surface area contributed by atoms with Crippen molar-refractivity contribution in [2.45, 2.75) is 25.1 Å². The Kier molecular flexibility index (Phi) is 4.38. The Morgan fingerprint density at radius 3 is 2.70 bits per heavy atom. The van der Waals surface area contributed by atoms with Crippen LogP contribution in [0.1, 0.15) is 24.0 Å². The standard InChI is InChI=1S/C19H18F3N5/c20-19(21,22)15-3-7-24-17(10-15)26-8-4-13-5-9-27(16(13)12-26)18-14(11-23)2-1-6-25-18/h1-3,6-7,10,13,16H,4-5,8-9,12H2. The molecule has 0 radical (unpaired) electrons. The van der Waals surface area contributed by atoms with Gasteiger partial charge in [0.15, 0.2) is 0 Å². The summed E-state index contributed by atoms with van der Waals surface area (Å²) in [6.07, 6.45) is 0.372. The van der Waals surface area contributed by atoms with E-state index in [1.165, 1.54) is 6.20 Å². The molecule has 0 N–H and O–H groups in total. The average molecular weight is 373 g/mol. The molecule has 27 heavy (non-hydrogen) atoms. The molecule has 0 saturated carbocycles. The molecular formula is C19H18F3N5. The second kappa shape index (κ2) is 6.72. The number of piperidine rings is 1. The van der Waals surface area contributed by atoms with Crippen LogP contribution in [0, 0.1) is 17.2 Å². The van der Waals surface area contributed by atoms with Crippen LogP contribution in [0.15, 0.2) is 36.7 Å². The van der Waals surface area contributed by atoms with Crippen molar-refractivity contribution in [3.05, 3.63) is 47.8 Å². The zero-order valence-corrected chi connectivity index (χ0v) is 14.5. The van der Waals surface area contributed by atoms with E-state index in [4.69, 9.17) is 0 Å². The number of pyridine rings is 2. The summed E-state index contributed by atoms with van der Waals surface area (Å²) in [5, 5.41) is 9.37. The zero-order valence-electron chi connectivity index (χ0n) is 14.5. The first kappa shape index (κ1) is 17.6. The lowest BCUT2D eigenvalue weighted by Gasteiger charge is -2.39. The number of hydrogen-bond acceptors (Lipinski definition) is 5. The number of halogens is 3. The smallest absolute Gasteiger partial charge is 0.355 e. The van der Waals surface area contributed by atoms with Gasteiger partial charge in [0.1, 0.15) is 17.7 Å². The molecule has 8 heteroatoms. The Labute approximate surface area is 155 Å². The molecule has 2 aliphatic rings. The van der Waals surface area contributed by atoms with E-state index in [1.807, 2.05) is 4.90 Å². The summed E-state index contributed by atoms with van der Waals surface area (Å²) in [5.41, 5.74) is -0.165. The summed E-state index contributed by atoms with van der Waals surface area (Å²) in [4.78, 5) is 12.6. The molecule has 2 fully saturated rings. The molecule has 2 aliphatic heterocycles. The number of nitriles is 1. The highest BCUT2D eigenvalue weighted by atomic mass is 19.4. The van der Waals surface area contributed by atoms with E-state index in [9.17, 15) is 18.4 Å². The first-order valence-corrected chi connectivity index (χ1v) is 8.87. The molecule has 0 bridgehead atoms. The van der Waals surface area contributed by atoms with Gasteiger partial charge in [0.2, 0.25) is 0 Å². The Balaban J connectivity index is 1.60. The highest BCUT2D eigenvalue weighted by molar-refractivity contribution is 5.56. The van der Waals surface area contributed by atoms with Gasteiger partial charge in [-0.25, -0.2) is 9.97 Å². The van der Waals surface area contributed by atoms with Crippen molar-refractivity contribution in [2.75, 3.05) is 29.4 Å². The summed E-state index contributed by atoms with van der Waals surface area (Å²) in [7, 11) is 0. The summed E-state index contributed by atoms with van der Waals surface area (Å²) < 4.78 is 39.1. The molecule has 2 aromatic heterocycles. The van der Waals surface area contributed by atoms with Crippen LogP contribution in [0.5, 0.6) is 0 Å². The van der Waals surface area contributed by atoms with Crippen molar-refractivity contribution in [1.82, 2.24) is 9.97 Å². The van der Waals surface area contributed by atoms with Crippen LogP contribution in [-0.2, 0) is 6.18 Å². The Morgan fingerprint density at radius 1 is 1.11 bits per heavy atom. The minimum absolute atomic E-state index is 0.108. The van der Waals surface area contributed by atoms with Crippen LogP contribution in [0.3, 0.4) is 0 Å². The molecule has 0 spiro atoms. The van der Waals surface area contributed by atoms with Crippen molar-refractivity contribution in [3.63, 3.8) is 0 Å². The van der Waals surface area contributed by atoms with Crippen LogP contribution in [0.25, 0.3) is 0 Å². The average Bonchev–Trinajstić information content (AvgIpc) is 3.10. The number of rotatable bonds is 2. The van der Waals surface area contributed by atoms with E-state index in [1.54, 1.807) is 18.3 Å². The van der Waals surface area contributed by atoms with Gasteiger partial charge in [0.25, 0.3) is 0 Å². The fraction of sp³-hybridized carbons (Fsp3) is 0.421. The Bertz CT molecular complexity index is 876. The number of anilines is 2. The molecule has 0 amide bonds. The van der Waals surface area contributed by atoms with Crippen LogP contribution in [0.4, 0.5) is 24.8 Å². The lowest BCUT2D eigenvalue weighted by atomic mass is 9.92. The summed E-state index contributed by atoms with van der Waals surface area (Å²) >= 11 is 0. The predicted molar refractivity (Wildman–Crippen MR) is 94.3 cm³/mol. The molecule has 4 rings (SSSR count). The second-order valence-corrected chi connectivity index (χ2v) is 6.93. The van der Waals surface area contributed by atoms with Gasteiger partial charge in [-0.2, -0.15) is 18.4 Å². The first-order chi connectivity index (χ1) is 13.0. The molecule has 2 saturated heterocycles. The number of hydrogen-bond donors (Lipinski definition) is 0. The number of fused-ring (bicyclic) bond motifs is 1. The predicted octanol–water partition coefficient (Wildman–Crippen LogP) is 3.47. The van der Waals surface area contributed by atoms with Crippen LogP contribution in [0.2, 0.25) is 0 Å². The monoisotopic (exact) mass is 373 g/mol. The highest BCUT2D eigenvalue weighted by Crippen LogP contribution is 2.37. The summed E-state index contributed by atoms with van der Waals surface area (Å²) in [6, 6.07) is 7.86. The summed E-state index contributed by atoms with van der Waals surface area (Å²) in [5.74, 6) is 1.45. The fourth-order valence-electron chi connectivity index (χ4n) is 4.09. The van der Waals surface area contributed by atoms with Gasteiger partial charge >= 0.3 is 6.18 Å². The van der Waals surface area contributed by atoms with Gasteiger partial charge in [-0.3, -0.25) is 0 Å². The molecule has 2 unspecified atom stereocenters. The van der Waals surface area contributed by atoms with Crippen molar-refractivity contribution in [2.24, 2.45) is 5.92 Å².